The van der Waals surface area contributed by atoms with Crippen LogP contribution in [0.3, 0.4) is 0 Å². The second-order valence-electron chi connectivity index (χ2n) is 5.14. The Labute approximate surface area is 118 Å². The van der Waals surface area contributed by atoms with Gasteiger partial charge in [-0.2, -0.15) is 4.98 Å². The number of fused-ring (bicyclic) bond motifs is 1. The molecule has 1 aliphatic rings. The lowest BCUT2D eigenvalue weighted by Crippen LogP contribution is -2.11. The zero-order valence-electron chi connectivity index (χ0n) is 11.6. The molecule has 20 heavy (non-hydrogen) atoms. The fourth-order valence-corrected chi connectivity index (χ4v) is 2.46. The molecule has 0 amide bonds. The molecule has 0 spiro atoms. The topological polar surface area (TPSA) is 74.2 Å². The van der Waals surface area contributed by atoms with E-state index in [0.717, 1.165) is 30.6 Å². The molecule has 0 aliphatic carbocycles. The summed E-state index contributed by atoms with van der Waals surface area (Å²) in [4.78, 5) is 4.46. The van der Waals surface area contributed by atoms with Crippen molar-refractivity contribution in [2.24, 2.45) is 5.73 Å². The Kier molecular flexibility index (Phi) is 3.69. The number of para-hydroxylation sites is 1. The van der Waals surface area contributed by atoms with Crippen LogP contribution in [0.15, 0.2) is 28.8 Å². The van der Waals surface area contributed by atoms with Crippen molar-refractivity contribution in [3.63, 3.8) is 0 Å². The fraction of sp³-hybridized carbons (Fsp3) is 0.467. The van der Waals surface area contributed by atoms with E-state index in [1.54, 1.807) is 0 Å². The highest BCUT2D eigenvalue weighted by Crippen LogP contribution is 2.36. The second kappa shape index (κ2) is 5.63. The number of aromatic nitrogens is 2. The van der Waals surface area contributed by atoms with Crippen molar-refractivity contribution in [3.8, 4) is 5.75 Å². The number of nitrogens with two attached hydrogens (primary N) is 1. The van der Waals surface area contributed by atoms with Gasteiger partial charge in [-0.15, -0.1) is 0 Å². The molecule has 1 aliphatic heterocycles. The number of unbranched alkanes of at least 4 members (excludes halogenated alkanes) is 1. The van der Waals surface area contributed by atoms with Crippen molar-refractivity contribution >= 4 is 0 Å². The summed E-state index contributed by atoms with van der Waals surface area (Å²) >= 11 is 0. The molecule has 2 unspecified atom stereocenters. The maximum atomic E-state index is 6.06. The van der Waals surface area contributed by atoms with Crippen LogP contribution in [0, 0.1) is 0 Å². The summed E-state index contributed by atoms with van der Waals surface area (Å²) in [6.45, 7) is 2.70. The molecule has 0 bridgehead atoms. The Morgan fingerprint density at radius 3 is 3.10 bits per heavy atom. The fourth-order valence-electron chi connectivity index (χ4n) is 2.46. The molecular formula is C15H19N3O2. The molecule has 2 heterocycles. The molecule has 106 valence electrons. The van der Waals surface area contributed by atoms with Gasteiger partial charge in [-0.1, -0.05) is 43.1 Å². The van der Waals surface area contributed by atoms with E-state index in [9.17, 15) is 0 Å². The number of hydrogen-bond donors (Lipinski definition) is 1. The third-order valence-electron chi connectivity index (χ3n) is 3.65. The highest BCUT2D eigenvalue weighted by atomic mass is 16.5. The molecule has 0 saturated heterocycles. The third-order valence-corrected chi connectivity index (χ3v) is 3.65. The number of nitrogens with zero attached hydrogens (tertiary/aromatic N) is 2. The minimum atomic E-state index is -0.172. The number of rotatable bonds is 5. The van der Waals surface area contributed by atoms with Crippen LogP contribution in [0.5, 0.6) is 5.75 Å². The summed E-state index contributed by atoms with van der Waals surface area (Å²) in [5.41, 5.74) is 7.17. The van der Waals surface area contributed by atoms with Gasteiger partial charge >= 0.3 is 0 Å². The van der Waals surface area contributed by atoms with Crippen molar-refractivity contribution in [1.29, 1.82) is 0 Å². The van der Waals surface area contributed by atoms with Crippen molar-refractivity contribution in [2.45, 2.75) is 38.1 Å². The van der Waals surface area contributed by atoms with Crippen LogP contribution in [-0.4, -0.2) is 16.7 Å². The minimum absolute atomic E-state index is 0.0436. The standard InChI is InChI=1S/C15H19N3O2/c1-2-3-7-12(16)15-17-14(18-20-15)11-9-19-13-8-5-4-6-10(11)13/h4-6,8,11-12H,2-3,7,9,16H2,1H3. The van der Waals surface area contributed by atoms with E-state index in [0.29, 0.717) is 18.3 Å². The van der Waals surface area contributed by atoms with Gasteiger partial charge in [-0.05, 0) is 12.5 Å². The molecule has 1 aromatic heterocycles. The van der Waals surface area contributed by atoms with E-state index in [1.165, 1.54) is 0 Å². The Morgan fingerprint density at radius 1 is 1.40 bits per heavy atom. The number of ether oxygens (including phenoxy) is 1. The summed E-state index contributed by atoms with van der Waals surface area (Å²) in [5.74, 6) is 2.14. The Morgan fingerprint density at radius 2 is 2.25 bits per heavy atom. The molecule has 5 nitrogen and oxygen atoms in total. The van der Waals surface area contributed by atoms with E-state index in [-0.39, 0.29) is 12.0 Å². The molecule has 1 aromatic carbocycles. The van der Waals surface area contributed by atoms with Crippen LogP contribution >= 0.6 is 0 Å². The van der Waals surface area contributed by atoms with Gasteiger partial charge in [-0.25, -0.2) is 0 Å². The molecule has 0 radical (unpaired) electrons. The first kappa shape index (κ1) is 13.1. The second-order valence-corrected chi connectivity index (χ2v) is 5.14. The van der Waals surface area contributed by atoms with Crippen LogP contribution in [0.25, 0.3) is 0 Å². The van der Waals surface area contributed by atoms with Gasteiger partial charge in [0, 0.05) is 5.56 Å². The van der Waals surface area contributed by atoms with Gasteiger partial charge in [0.05, 0.1) is 12.0 Å². The number of benzene rings is 1. The summed E-state index contributed by atoms with van der Waals surface area (Å²) in [7, 11) is 0. The lowest BCUT2D eigenvalue weighted by atomic mass is 10.0. The van der Waals surface area contributed by atoms with Crippen molar-refractivity contribution in [3.05, 3.63) is 41.5 Å². The van der Waals surface area contributed by atoms with Crippen LogP contribution in [0.2, 0.25) is 0 Å². The predicted molar refractivity (Wildman–Crippen MR) is 74.5 cm³/mol. The lowest BCUT2D eigenvalue weighted by Gasteiger charge is -2.04. The van der Waals surface area contributed by atoms with Gasteiger partial charge in [-0.3, -0.25) is 0 Å². The van der Waals surface area contributed by atoms with E-state index in [4.69, 9.17) is 15.0 Å². The summed E-state index contributed by atoms with van der Waals surface area (Å²) in [6, 6.07) is 7.79. The van der Waals surface area contributed by atoms with Crippen molar-refractivity contribution in [1.82, 2.24) is 10.1 Å². The Hall–Kier alpha value is -1.88. The van der Waals surface area contributed by atoms with Gasteiger partial charge in [0.1, 0.15) is 12.4 Å². The minimum Gasteiger partial charge on any atom is -0.492 e. The van der Waals surface area contributed by atoms with E-state index in [2.05, 4.69) is 17.1 Å². The maximum Gasteiger partial charge on any atom is 0.243 e. The first-order valence-corrected chi connectivity index (χ1v) is 7.10. The summed E-state index contributed by atoms with van der Waals surface area (Å²) in [6.07, 6.45) is 3.04. The Bertz CT molecular complexity index is 582. The van der Waals surface area contributed by atoms with Crippen molar-refractivity contribution in [2.75, 3.05) is 6.61 Å². The highest BCUT2D eigenvalue weighted by molar-refractivity contribution is 5.42. The van der Waals surface area contributed by atoms with Crippen LogP contribution in [0.4, 0.5) is 0 Å². The molecule has 2 atom stereocenters. The molecule has 3 rings (SSSR count). The molecule has 5 heteroatoms. The Balaban J connectivity index is 1.78. The van der Waals surface area contributed by atoms with Gasteiger partial charge in [0.2, 0.25) is 5.89 Å². The van der Waals surface area contributed by atoms with Gasteiger partial charge in [0.25, 0.3) is 0 Å². The normalized spacial score (nSPS) is 18.6. The van der Waals surface area contributed by atoms with E-state index < -0.39 is 0 Å². The average Bonchev–Trinajstić information content (AvgIpc) is 3.10. The molecule has 0 fully saturated rings. The third kappa shape index (κ3) is 2.41. The van der Waals surface area contributed by atoms with Crippen LogP contribution in [0.1, 0.15) is 55.4 Å². The maximum absolute atomic E-state index is 6.06. The lowest BCUT2D eigenvalue weighted by molar-refractivity contribution is 0.325. The zero-order chi connectivity index (χ0) is 13.9. The van der Waals surface area contributed by atoms with Crippen LogP contribution in [-0.2, 0) is 0 Å². The van der Waals surface area contributed by atoms with Crippen LogP contribution < -0.4 is 10.5 Å². The molecule has 2 N–H and O–H groups in total. The molecular weight excluding hydrogens is 254 g/mol. The zero-order valence-corrected chi connectivity index (χ0v) is 11.6. The van der Waals surface area contributed by atoms with Crippen molar-refractivity contribution < 1.29 is 9.26 Å². The SMILES string of the molecule is CCCCC(N)c1nc(C2COc3ccccc32)no1. The van der Waals surface area contributed by atoms with E-state index in [1.807, 2.05) is 24.3 Å². The predicted octanol–water partition coefficient (Wildman–Crippen LogP) is 2.78. The first-order valence-electron chi connectivity index (χ1n) is 7.10. The first-order chi connectivity index (χ1) is 9.79. The monoisotopic (exact) mass is 273 g/mol. The summed E-state index contributed by atoms with van der Waals surface area (Å²) in [5, 5.41) is 4.08. The van der Waals surface area contributed by atoms with Gasteiger partial charge in [0.15, 0.2) is 5.82 Å². The highest BCUT2D eigenvalue weighted by Gasteiger charge is 2.30. The number of hydrogen-bond acceptors (Lipinski definition) is 5. The molecule has 2 aromatic rings. The largest absolute Gasteiger partial charge is 0.492 e. The van der Waals surface area contributed by atoms with E-state index >= 15 is 0 Å². The average molecular weight is 273 g/mol. The smallest absolute Gasteiger partial charge is 0.243 e. The molecule has 0 saturated carbocycles. The van der Waals surface area contributed by atoms with Gasteiger partial charge < -0.3 is 15.0 Å². The summed E-state index contributed by atoms with van der Waals surface area (Å²) < 4.78 is 11.0. The quantitative estimate of drug-likeness (QED) is 0.906.